The molecule has 0 aliphatic rings. The van der Waals surface area contributed by atoms with Crippen LogP contribution >= 0.6 is 0 Å². The van der Waals surface area contributed by atoms with E-state index in [1.54, 1.807) is 6.07 Å². The Hall–Kier alpha value is -2.03. The zero-order valence-corrected chi connectivity index (χ0v) is 13.3. The summed E-state index contributed by atoms with van der Waals surface area (Å²) in [6.07, 6.45) is 7.16. The van der Waals surface area contributed by atoms with Crippen LogP contribution < -0.4 is 5.32 Å². The zero-order valence-electron chi connectivity index (χ0n) is 13.3. The molecular formula is C19H25NO2. The fraction of sp³-hybridized carbons (Fsp3) is 0.421. The lowest BCUT2D eigenvalue weighted by molar-refractivity contribution is 0.0952. The molecule has 2 aromatic rings. The molecule has 0 spiro atoms. The first kappa shape index (κ1) is 16.3. The van der Waals surface area contributed by atoms with Gasteiger partial charge in [-0.15, -0.1) is 0 Å². The quantitative estimate of drug-likeness (QED) is 0.698. The number of hydrogen-bond acceptors (Lipinski definition) is 2. The number of hydrogen-bond donors (Lipinski definition) is 2. The van der Waals surface area contributed by atoms with Gasteiger partial charge in [-0.25, -0.2) is 0 Å². The zero-order chi connectivity index (χ0) is 15.8. The molecule has 118 valence electrons. The summed E-state index contributed by atoms with van der Waals surface area (Å²) >= 11 is 0. The molecule has 0 aliphatic carbocycles. The monoisotopic (exact) mass is 299 g/mol. The summed E-state index contributed by atoms with van der Waals surface area (Å²) in [7, 11) is 0. The Balaban J connectivity index is 1.91. The van der Waals surface area contributed by atoms with Gasteiger partial charge in [-0.3, -0.25) is 4.79 Å². The number of fused-ring (bicyclic) bond motifs is 1. The van der Waals surface area contributed by atoms with Crippen LogP contribution in [0.3, 0.4) is 0 Å². The highest BCUT2D eigenvalue weighted by Gasteiger charge is 2.14. The standard InChI is InChI=1S/C19H25NO2/c1-2-3-4-5-6-9-14-20-19(22)18-16-11-8-7-10-15(16)12-13-17(18)21/h7-8,10-13,21H,2-6,9,14H2,1H3,(H,20,22). The first-order valence-electron chi connectivity index (χ1n) is 8.23. The molecule has 0 fully saturated rings. The van der Waals surface area contributed by atoms with Gasteiger partial charge in [0.25, 0.3) is 5.91 Å². The lowest BCUT2D eigenvalue weighted by Crippen LogP contribution is -2.24. The number of aromatic hydroxyl groups is 1. The third-order valence-corrected chi connectivity index (χ3v) is 3.95. The second-order valence-electron chi connectivity index (χ2n) is 5.70. The van der Waals surface area contributed by atoms with Crippen molar-refractivity contribution >= 4 is 16.7 Å². The largest absolute Gasteiger partial charge is 0.507 e. The molecule has 3 nitrogen and oxygen atoms in total. The van der Waals surface area contributed by atoms with Gasteiger partial charge in [0.1, 0.15) is 5.75 Å². The van der Waals surface area contributed by atoms with E-state index < -0.39 is 0 Å². The van der Waals surface area contributed by atoms with Gasteiger partial charge >= 0.3 is 0 Å². The van der Waals surface area contributed by atoms with Crippen LogP contribution in [-0.4, -0.2) is 17.6 Å². The van der Waals surface area contributed by atoms with Crippen molar-refractivity contribution in [1.82, 2.24) is 5.32 Å². The maximum atomic E-state index is 12.3. The minimum atomic E-state index is -0.192. The summed E-state index contributed by atoms with van der Waals surface area (Å²) in [5.41, 5.74) is 0.379. The summed E-state index contributed by atoms with van der Waals surface area (Å²) in [5, 5.41) is 14.7. The molecule has 3 heteroatoms. The molecular weight excluding hydrogens is 274 g/mol. The van der Waals surface area contributed by atoms with E-state index in [4.69, 9.17) is 0 Å². The van der Waals surface area contributed by atoms with Crippen molar-refractivity contribution in [2.24, 2.45) is 0 Å². The molecule has 0 atom stereocenters. The second kappa shape index (κ2) is 8.42. The van der Waals surface area contributed by atoms with Crippen LogP contribution in [0.1, 0.15) is 55.8 Å². The highest BCUT2D eigenvalue weighted by molar-refractivity contribution is 6.09. The van der Waals surface area contributed by atoms with E-state index in [0.29, 0.717) is 12.1 Å². The van der Waals surface area contributed by atoms with Gasteiger partial charge in [0, 0.05) is 6.54 Å². The summed E-state index contributed by atoms with van der Waals surface area (Å²) in [6.45, 7) is 2.87. The molecule has 1 amide bonds. The molecule has 2 rings (SSSR count). The Labute approximate surface area is 132 Å². The van der Waals surface area contributed by atoms with Crippen molar-refractivity contribution in [3.63, 3.8) is 0 Å². The smallest absolute Gasteiger partial charge is 0.255 e. The molecule has 22 heavy (non-hydrogen) atoms. The van der Waals surface area contributed by atoms with Crippen LogP contribution in [0.2, 0.25) is 0 Å². The number of benzene rings is 2. The molecule has 0 heterocycles. The highest BCUT2D eigenvalue weighted by Crippen LogP contribution is 2.26. The maximum absolute atomic E-state index is 12.3. The number of carbonyl (C=O) groups excluding carboxylic acids is 1. The van der Waals surface area contributed by atoms with Crippen LogP contribution in [0.5, 0.6) is 5.75 Å². The molecule has 0 unspecified atom stereocenters. The number of phenols is 1. The lowest BCUT2D eigenvalue weighted by Gasteiger charge is -2.10. The van der Waals surface area contributed by atoms with Crippen LogP contribution in [0.15, 0.2) is 36.4 Å². The molecule has 0 saturated heterocycles. The number of rotatable bonds is 8. The van der Waals surface area contributed by atoms with Crippen LogP contribution in [0.4, 0.5) is 0 Å². The van der Waals surface area contributed by atoms with E-state index in [0.717, 1.165) is 23.6 Å². The Morgan fingerprint density at radius 1 is 1.00 bits per heavy atom. The van der Waals surface area contributed by atoms with Crippen molar-refractivity contribution in [2.75, 3.05) is 6.54 Å². The highest BCUT2D eigenvalue weighted by atomic mass is 16.3. The van der Waals surface area contributed by atoms with Gasteiger partial charge in [0.15, 0.2) is 0 Å². The van der Waals surface area contributed by atoms with E-state index in [9.17, 15) is 9.90 Å². The first-order valence-corrected chi connectivity index (χ1v) is 8.23. The van der Waals surface area contributed by atoms with Crippen molar-refractivity contribution < 1.29 is 9.90 Å². The van der Waals surface area contributed by atoms with Gasteiger partial charge in [0.05, 0.1) is 5.56 Å². The summed E-state index contributed by atoms with van der Waals surface area (Å²) < 4.78 is 0. The summed E-state index contributed by atoms with van der Waals surface area (Å²) in [4.78, 5) is 12.3. The van der Waals surface area contributed by atoms with E-state index >= 15 is 0 Å². The minimum absolute atomic E-state index is 0.0409. The first-order chi connectivity index (χ1) is 10.7. The van der Waals surface area contributed by atoms with Gasteiger partial charge < -0.3 is 10.4 Å². The number of amides is 1. The summed E-state index contributed by atoms with van der Waals surface area (Å²) in [5.74, 6) is -0.151. The average molecular weight is 299 g/mol. The predicted octanol–water partition coefficient (Wildman–Crippen LogP) is 4.64. The van der Waals surface area contributed by atoms with E-state index in [1.165, 1.54) is 25.7 Å². The van der Waals surface area contributed by atoms with Crippen molar-refractivity contribution in [3.05, 3.63) is 42.0 Å². The van der Waals surface area contributed by atoms with Crippen LogP contribution in [0, 0.1) is 0 Å². The van der Waals surface area contributed by atoms with Crippen molar-refractivity contribution in [1.29, 1.82) is 0 Å². The second-order valence-corrected chi connectivity index (χ2v) is 5.70. The fourth-order valence-electron chi connectivity index (χ4n) is 2.69. The minimum Gasteiger partial charge on any atom is -0.507 e. The van der Waals surface area contributed by atoms with Crippen molar-refractivity contribution in [3.8, 4) is 5.75 Å². The Morgan fingerprint density at radius 2 is 1.73 bits per heavy atom. The molecule has 0 aromatic heterocycles. The predicted molar refractivity (Wildman–Crippen MR) is 91.3 cm³/mol. The Kier molecular flexibility index (Phi) is 6.26. The Bertz CT molecular complexity index is 622. The molecule has 0 bridgehead atoms. The average Bonchev–Trinajstić information content (AvgIpc) is 2.53. The normalized spacial score (nSPS) is 10.8. The van der Waals surface area contributed by atoms with Crippen molar-refractivity contribution in [2.45, 2.75) is 45.4 Å². The summed E-state index contributed by atoms with van der Waals surface area (Å²) in [6, 6.07) is 11.0. The SMILES string of the molecule is CCCCCCCCNC(=O)c1c(O)ccc2ccccc12. The molecule has 2 N–H and O–H groups in total. The Morgan fingerprint density at radius 3 is 2.55 bits per heavy atom. The number of unbranched alkanes of at least 4 members (excludes halogenated alkanes) is 5. The molecule has 0 radical (unpaired) electrons. The number of carbonyl (C=O) groups is 1. The number of phenolic OH excluding ortho intramolecular Hbond substituents is 1. The molecule has 2 aromatic carbocycles. The van der Waals surface area contributed by atoms with Gasteiger partial charge in [0.2, 0.25) is 0 Å². The third kappa shape index (κ3) is 4.23. The third-order valence-electron chi connectivity index (χ3n) is 3.95. The van der Waals surface area contributed by atoms with E-state index in [1.807, 2.05) is 30.3 Å². The van der Waals surface area contributed by atoms with Crippen LogP contribution in [0.25, 0.3) is 10.8 Å². The maximum Gasteiger partial charge on any atom is 0.255 e. The topological polar surface area (TPSA) is 49.3 Å². The fourth-order valence-corrected chi connectivity index (χ4v) is 2.69. The van der Waals surface area contributed by atoms with Gasteiger partial charge in [-0.1, -0.05) is 69.4 Å². The van der Waals surface area contributed by atoms with Gasteiger partial charge in [-0.2, -0.15) is 0 Å². The van der Waals surface area contributed by atoms with E-state index in [2.05, 4.69) is 12.2 Å². The van der Waals surface area contributed by atoms with Crippen LogP contribution in [-0.2, 0) is 0 Å². The van der Waals surface area contributed by atoms with Gasteiger partial charge in [-0.05, 0) is 23.3 Å². The lowest BCUT2D eigenvalue weighted by atomic mass is 10.0. The molecule has 0 saturated carbocycles. The van der Waals surface area contributed by atoms with E-state index in [-0.39, 0.29) is 11.7 Å². The number of nitrogens with one attached hydrogen (secondary N) is 1. The molecule has 0 aliphatic heterocycles.